The van der Waals surface area contributed by atoms with Gasteiger partial charge in [0.15, 0.2) is 9.84 Å². The third-order valence-corrected chi connectivity index (χ3v) is 4.85. The zero-order chi connectivity index (χ0) is 15.9. The molecule has 120 valence electrons. The van der Waals surface area contributed by atoms with Crippen molar-refractivity contribution in [3.8, 4) is 0 Å². The van der Waals surface area contributed by atoms with Crippen LogP contribution in [-0.2, 0) is 21.1 Å². The summed E-state index contributed by atoms with van der Waals surface area (Å²) in [5.74, 6) is 0.0964. The number of nitrogens with zero attached hydrogens (tertiary/aromatic N) is 1. The SMILES string of the molecule is CC(C)OCCN(C)CCS(=O)(=O)c1cccc(CN)c1. The first-order chi connectivity index (χ1) is 9.85. The monoisotopic (exact) mass is 314 g/mol. The molecule has 1 aromatic rings. The minimum Gasteiger partial charge on any atom is -0.377 e. The Labute approximate surface area is 128 Å². The van der Waals surface area contributed by atoms with Gasteiger partial charge in [-0.1, -0.05) is 12.1 Å². The van der Waals surface area contributed by atoms with Crippen LogP contribution in [0.25, 0.3) is 0 Å². The number of nitrogens with two attached hydrogens (primary N) is 1. The molecule has 1 aromatic carbocycles. The Hall–Kier alpha value is -0.950. The average Bonchev–Trinajstić information content (AvgIpc) is 2.45. The summed E-state index contributed by atoms with van der Waals surface area (Å²) in [4.78, 5) is 2.31. The lowest BCUT2D eigenvalue weighted by Crippen LogP contribution is -2.29. The van der Waals surface area contributed by atoms with Crippen LogP contribution in [0.1, 0.15) is 19.4 Å². The lowest BCUT2D eigenvalue weighted by atomic mass is 10.2. The van der Waals surface area contributed by atoms with Crippen LogP contribution in [0.4, 0.5) is 0 Å². The topological polar surface area (TPSA) is 72.6 Å². The summed E-state index contributed by atoms with van der Waals surface area (Å²) in [6.45, 7) is 6.11. The van der Waals surface area contributed by atoms with Crippen LogP contribution in [0.15, 0.2) is 29.2 Å². The molecule has 1 rings (SSSR count). The van der Waals surface area contributed by atoms with Crippen molar-refractivity contribution in [3.63, 3.8) is 0 Å². The molecular weight excluding hydrogens is 288 g/mol. The lowest BCUT2D eigenvalue weighted by Gasteiger charge is -2.17. The van der Waals surface area contributed by atoms with Crippen molar-refractivity contribution in [2.75, 3.05) is 32.5 Å². The predicted octanol–water partition coefficient (Wildman–Crippen LogP) is 1.28. The van der Waals surface area contributed by atoms with Crippen LogP contribution in [-0.4, -0.2) is 51.9 Å². The van der Waals surface area contributed by atoms with Crippen LogP contribution in [0.5, 0.6) is 0 Å². The second kappa shape index (κ2) is 8.48. The lowest BCUT2D eigenvalue weighted by molar-refractivity contribution is 0.0648. The summed E-state index contributed by atoms with van der Waals surface area (Å²) >= 11 is 0. The Morgan fingerprint density at radius 3 is 2.62 bits per heavy atom. The van der Waals surface area contributed by atoms with Crippen molar-refractivity contribution in [3.05, 3.63) is 29.8 Å². The molecular formula is C15H26N2O3S. The van der Waals surface area contributed by atoms with Gasteiger partial charge in [0.05, 0.1) is 23.4 Å². The highest BCUT2D eigenvalue weighted by Gasteiger charge is 2.15. The van der Waals surface area contributed by atoms with E-state index in [1.54, 1.807) is 18.2 Å². The number of hydrogen-bond acceptors (Lipinski definition) is 5. The minimum absolute atomic E-state index is 0.0964. The smallest absolute Gasteiger partial charge is 0.179 e. The number of likely N-dealkylation sites (N-methyl/N-ethyl adjacent to an activating group) is 1. The summed E-state index contributed by atoms with van der Waals surface area (Å²) in [5.41, 5.74) is 6.37. The highest BCUT2D eigenvalue weighted by molar-refractivity contribution is 7.91. The van der Waals surface area contributed by atoms with E-state index in [9.17, 15) is 8.42 Å². The maximum absolute atomic E-state index is 12.3. The number of hydrogen-bond donors (Lipinski definition) is 1. The number of benzene rings is 1. The molecule has 0 radical (unpaired) electrons. The summed E-state index contributed by atoms with van der Waals surface area (Å²) in [5, 5.41) is 0. The second-order valence-corrected chi connectivity index (χ2v) is 7.50. The van der Waals surface area contributed by atoms with E-state index in [0.29, 0.717) is 24.6 Å². The molecule has 0 aliphatic rings. The molecule has 0 saturated carbocycles. The largest absolute Gasteiger partial charge is 0.377 e. The van der Waals surface area contributed by atoms with Gasteiger partial charge in [-0.05, 0) is 38.6 Å². The molecule has 5 nitrogen and oxygen atoms in total. The van der Waals surface area contributed by atoms with E-state index in [1.165, 1.54) is 0 Å². The molecule has 2 N–H and O–H groups in total. The molecule has 21 heavy (non-hydrogen) atoms. The fraction of sp³-hybridized carbons (Fsp3) is 0.600. The van der Waals surface area contributed by atoms with E-state index >= 15 is 0 Å². The third-order valence-electron chi connectivity index (χ3n) is 3.16. The van der Waals surface area contributed by atoms with Gasteiger partial charge >= 0.3 is 0 Å². The molecule has 6 heteroatoms. The second-order valence-electron chi connectivity index (χ2n) is 5.39. The first-order valence-electron chi connectivity index (χ1n) is 7.17. The molecule has 0 unspecified atom stereocenters. The molecule has 0 heterocycles. The van der Waals surface area contributed by atoms with Crippen LogP contribution < -0.4 is 5.73 Å². The van der Waals surface area contributed by atoms with E-state index in [2.05, 4.69) is 0 Å². The van der Waals surface area contributed by atoms with Crippen molar-refractivity contribution in [2.45, 2.75) is 31.4 Å². The Morgan fingerprint density at radius 1 is 1.29 bits per heavy atom. The van der Waals surface area contributed by atoms with Crippen LogP contribution in [0.3, 0.4) is 0 Å². The fourth-order valence-corrected chi connectivity index (χ4v) is 3.22. The minimum atomic E-state index is -3.27. The number of ether oxygens (including phenoxy) is 1. The zero-order valence-corrected chi connectivity index (χ0v) is 13.9. The van der Waals surface area contributed by atoms with Crippen LogP contribution in [0, 0.1) is 0 Å². The van der Waals surface area contributed by atoms with Gasteiger partial charge in [0.1, 0.15) is 0 Å². The summed E-state index contributed by atoms with van der Waals surface area (Å²) in [6.07, 6.45) is 0.195. The Kier molecular flexibility index (Phi) is 7.31. The molecule has 0 aliphatic heterocycles. The first kappa shape index (κ1) is 18.1. The van der Waals surface area contributed by atoms with Gasteiger partial charge in [0.2, 0.25) is 0 Å². The number of sulfone groups is 1. The van der Waals surface area contributed by atoms with E-state index in [0.717, 1.165) is 12.1 Å². The van der Waals surface area contributed by atoms with Crippen molar-refractivity contribution < 1.29 is 13.2 Å². The van der Waals surface area contributed by atoms with E-state index in [-0.39, 0.29) is 11.9 Å². The summed E-state index contributed by atoms with van der Waals surface area (Å²) < 4.78 is 30.0. The van der Waals surface area contributed by atoms with Gasteiger partial charge in [0, 0.05) is 19.6 Å². The molecule has 0 spiro atoms. The van der Waals surface area contributed by atoms with Gasteiger partial charge in [-0.15, -0.1) is 0 Å². The Morgan fingerprint density at radius 2 is 2.00 bits per heavy atom. The molecule has 0 fully saturated rings. The van der Waals surface area contributed by atoms with Crippen molar-refractivity contribution >= 4 is 9.84 Å². The Balaban J connectivity index is 2.52. The fourth-order valence-electron chi connectivity index (χ4n) is 1.82. The van der Waals surface area contributed by atoms with Crippen molar-refractivity contribution in [2.24, 2.45) is 5.73 Å². The standard InChI is InChI=1S/C15H26N2O3S/c1-13(2)20-9-7-17(3)8-10-21(18,19)15-6-4-5-14(11-15)12-16/h4-6,11,13H,7-10,12,16H2,1-3H3. The van der Waals surface area contributed by atoms with Gasteiger partial charge in [-0.3, -0.25) is 0 Å². The molecule has 0 saturated heterocycles. The summed E-state index contributed by atoms with van der Waals surface area (Å²) in [6, 6.07) is 6.83. The van der Waals surface area contributed by atoms with Crippen molar-refractivity contribution in [1.82, 2.24) is 4.90 Å². The van der Waals surface area contributed by atoms with Gasteiger partial charge in [0.25, 0.3) is 0 Å². The van der Waals surface area contributed by atoms with E-state index < -0.39 is 9.84 Å². The number of rotatable bonds is 9. The first-order valence-corrected chi connectivity index (χ1v) is 8.82. The average molecular weight is 314 g/mol. The van der Waals surface area contributed by atoms with E-state index in [4.69, 9.17) is 10.5 Å². The summed E-state index contributed by atoms with van der Waals surface area (Å²) in [7, 11) is -1.37. The molecule has 0 bridgehead atoms. The van der Waals surface area contributed by atoms with Crippen LogP contribution in [0.2, 0.25) is 0 Å². The van der Waals surface area contributed by atoms with Crippen LogP contribution >= 0.6 is 0 Å². The Bertz CT molecular complexity index is 529. The molecule has 0 atom stereocenters. The predicted molar refractivity (Wildman–Crippen MR) is 85.0 cm³/mol. The quantitative estimate of drug-likeness (QED) is 0.743. The van der Waals surface area contributed by atoms with Gasteiger partial charge in [-0.2, -0.15) is 0 Å². The molecule has 0 aliphatic carbocycles. The molecule has 0 amide bonds. The highest BCUT2D eigenvalue weighted by atomic mass is 32.2. The third kappa shape index (κ3) is 6.56. The normalized spacial score (nSPS) is 12.3. The van der Waals surface area contributed by atoms with Gasteiger partial charge < -0.3 is 15.4 Å². The zero-order valence-electron chi connectivity index (χ0n) is 13.1. The maximum Gasteiger partial charge on any atom is 0.179 e. The highest BCUT2D eigenvalue weighted by Crippen LogP contribution is 2.13. The van der Waals surface area contributed by atoms with Gasteiger partial charge in [-0.25, -0.2) is 8.42 Å². The maximum atomic E-state index is 12.3. The van der Waals surface area contributed by atoms with E-state index in [1.807, 2.05) is 31.9 Å². The van der Waals surface area contributed by atoms with Crippen molar-refractivity contribution in [1.29, 1.82) is 0 Å². The molecule has 0 aromatic heterocycles.